The smallest absolute Gasteiger partial charge is 0.274 e. The molecule has 2 amide bonds. The van der Waals surface area contributed by atoms with Gasteiger partial charge in [-0.05, 0) is 52.4 Å². The van der Waals surface area contributed by atoms with E-state index in [0.29, 0.717) is 0 Å². The number of aryl methyl sites for hydroxylation is 1. The SMILES string of the molecule is CCc1ccc(N=CC23c4ccccc4C(c4ccccc42)[C@H]2C(=O)N(c4ccccc4[N+](=O)[O-])C(=O)[C@H]23)cc1. The molecule has 0 aromatic heterocycles. The van der Waals surface area contributed by atoms with Crippen LogP contribution in [0.5, 0.6) is 0 Å². The van der Waals surface area contributed by atoms with Crippen LogP contribution >= 0.6 is 0 Å². The monoisotopic (exact) mass is 527 g/mol. The molecular formula is C33H25N3O4. The average Bonchev–Trinajstić information content (AvgIpc) is 3.26. The number of hydrogen-bond acceptors (Lipinski definition) is 5. The molecule has 3 aliphatic carbocycles. The van der Waals surface area contributed by atoms with E-state index in [2.05, 4.69) is 6.92 Å². The normalized spacial score (nSPS) is 24.2. The third-order valence-electron chi connectivity index (χ3n) is 8.76. The number of carbonyl (C=O) groups is 2. The van der Waals surface area contributed by atoms with Gasteiger partial charge in [0, 0.05) is 18.2 Å². The summed E-state index contributed by atoms with van der Waals surface area (Å²) in [5, 5.41) is 11.9. The second-order valence-electron chi connectivity index (χ2n) is 10.6. The number of hydrogen-bond donors (Lipinski definition) is 0. The van der Waals surface area contributed by atoms with E-state index in [1.165, 1.54) is 23.8 Å². The number of carbonyl (C=O) groups excluding carboxylic acids is 2. The number of benzene rings is 4. The molecule has 0 N–H and O–H groups in total. The zero-order valence-corrected chi connectivity index (χ0v) is 21.7. The summed E-state index contributed by atoms with van der Waals surface area (Å²) in [6.07, 6.45) is 2.75. The number of rotatable bonds is 5. The number of anilines is 1. The second kappa shape index (κ2) is 8.81. The molecule has 2 bridgehead atoms. The van der Waals surface area contributed by atoms with Crippen molar-refractivity contribution in [2.75, 3.05) is 4.90 Å². The van der Waals surface area contributed by atoms with E-state index < -0.39 is 34.0 Å². The van der Waals surface area contributed by atoms with Crippen molar-refractivity contribution >= 4 is 35.1 Å². The van der Waals surface area contributed by atoms with Crippen LogP contribution in [-0.2, 0) is 21.4 Å². The number of imide groups is 1. The standard InChI is InChI=1S/C33H25N3O4/c1-2-20-15-17-21(18-16-20)34-19-33-24-11-5-3-9-22(24)28(23-10-4-6-12-25(23)33)29-30(33)32(38)35(31(29)37)26-13-7-8-14-27(26)36(39)40/h3-19,28-30H,2H2,1H3/t28?,29-,30+,33?/m1/s1. The van der Waals surface area contributed by atoms with Crippen molar-refractivity contribution in [3.8, 4) is 0 Å². The summed E-state index contributed by atoms with van der Waals surface area (Å²) in [6.45, 7) is 2.09. The highest BCUT2D eigenvalue weighted by Crippen LogP contribution is 2.64. The zero-order valence-electron chi connectivity index (χ0n) is 21.7. The van der Waals surface area contributed by atoms with Crippen LogP contribution in [0.25, 0.3) is 0 Å². The predicted molar refractivity (Wildman–Crippen MR) is 152 cm³/mol. The summed E-state index contributed by atoms with van der Waals surface area (Å²) in [5.74, 6) is -2.71. The van der Waals surface area contributed by atoms with Crippen LogP contribution in [0, 0.1) is 22.0 Å². The van der Waals surface area contributed by atoms with Gasteiger partial charge in [-0.2, -0.15) is 0 Å². The first-order chi connectivity index (χ1) is 19.5. The Labute approximate surface area is 231 Å². The Morgan fingerprint density at radius 2 is 1.45 bits per heavy atom. The Hall–Kier alpha value is -4.91. The minimum Gasteiger partial charge on any atom is -0.274 e. The molecule has 1 aliphatic heterocycles. The van der Waals surface area contributed by atoms with E-state index in [4.69, 9.17) is 4.99 Å². The summed E-state index contributed by atoms with van der Waals surface area (Å²) in [4.78, 5) is 46.0. The molecule has 40 heavy (non-hydrogen) atoms. The summed E-state index contributed by atoms with van der Waals surface area (Å²) in [5.41, 5.74) is 4.51. The second-order valence-corrected chi connectivity index (χ2v) is 10.6. The van der Waals surface area contributed by atoms with E-state index in [-0.39, 0.29) is 17.3 Å². The Morgan fingerprint density at radius 1 is 0.850 bits per heavy atom. The third kappa shape index (κ3) is 3.14. The lowest BCUT2D eigenvalue weighted by molar-refractivity contribution is -0.384. The highest BCUT2D eigenvalue weighted by molar-refractivity contribution is 6.25. The molecule has 1 fully saturated rings. The lowest BCUT2D eigenvalue weighted by Crippen LogP contribution is -2.54. The zero-order chi connectivity index (χ0) is 27.6. The molecule has 1 saturated heterocycles. The van der Waals surface area contributed by atoms with E-state index in [1.54, 1.807) is 6.07 Å². The van der Waals surface area contributed by atoms with Crippen LogP contribution in [0.2, 0.25) is 0 Å². The van der Waals surface area contributed by atoms with Gasteiger partial charge in [-0.15, -0.1) is 0 Å². The molecule has 8 rings (SSSR count). The molecule has 2 atom stereocenters. The van der Waals surface area contributed by atoms with Crippen LogP contribution in [0.4, 0.5) is 17.1 Å². The van der Waals surface area contributed by atoms with Crippen LogP contribution in [0.3, 0.4) is 0 Å². The Balaban J connectivity index is 1.48. The van der Waals surface area contributed by atoms with Crippen molar-refractivity contribution in [3.05, 3.63) is 135 Å². The van der Waals surface area contributed by atoms with E-state index in [9.17, 15) is 19.7 Å². The fourth-order valence-electron chi connectivity index (χ4n) is 7.09. The van der Waals surface area contributed by atoms with Gasteiger partial charge in [-0.1, -0.05) is 79.7 Å². The maximum absolute atomic E-state index is 14.5. The molecule has 196 valence electrons. The van der Waals surface area contributed by atoms with Crippen LogP contribution < -0.4 is 4.90 Å². The van der Waals surface area contributed by atoms with Gasteiger partial charge >= 0.3 is 0 Å². The first-order valence-electron chi connectivity index (χ1n) is 13.4. The first-order valence-corrected chi connectivity index (χ1v) is 13.4. The van der Waals surface area contributed by atoms with Gasteiger partial charge < -0.3 is 0 Å². The fourth-order valence-corrected chi connectivity index (χ4v) is 7.09. The van der Waals surface area contributed by atoms with Crippen LogP contribution in [0.15, 0.2) is 102 Å². The third-order valence-corrected chi connectivity index (χ3v) is 8.76. The Morgan fingerprint density at radius 3 is 2.08 bits per heavy atom. The predicted octanol–water partition coefficient (Wildman–Crippen LogP) is 6.11. The fraction of sp³-hybridized carbons (Fsp3) is 0.182. The highest BCUT2D eigenvalue weighted by atomic mass is 16.6. The van der Waals surface area contributed by atoms with Crippen molar-refractivity contribution < 1.29 is 14.5 Å². The molecule has 4 aliphatic rings. The minimum atomic E-state index is -1.03. The number of nitrogens with zero attached hydrogens (tertiary/aromatic N) is 3. The maximum atomic E-state index is 14.5. The number of para-hydroxylation sites is 2. The summed E-state index contributed by atoms with van der Waals surface area (Å²) >= 11 is 0. The number of nitro benzene ring substituents is 1. The molecule has 0 saturated carbocycles. The van der Waals surface area contributed by atoms with Crippen LogP contribution in [-0.4, -0.2) is 23.0 Å². The maximum Gasteiger partial charge on any atom is 0.293 e. The number of amides is 2. The van der Waals surface area contributed by atoms with Crippen molar-refractivity contribution in [1.29, 1.82) is 0 Å². The molecule has 7 nitrogen and oxygen atoms in total. The summed E-state index contributed by atoms with van der Waals surface area (Å²) < 4.78 is 0. The first kappa shape index (κ1) is 24.2. The molecule has 4 aromatic carbocycles. The lowest BCUT2D eigenvalue weighted by atomic mass is 9.47. The van der Waals surface area contributed by atoms with Gasteiger partial charge in [0.2, 0.25) is 11.8 Å². The highest BCUT2D eigenvalue weighted by Gasteiger charge is 2.68. The molecule has 0 radical (unpaired) electrons. The van der Waals surface area contributed by atoms with Gasteiger partial charge in [0.15, 0.2) is 0 Å². The topological polar surface area (TPSA) is 92.9 Å². The molecule has 0 spiro atoms. The molecule has 4 aromatic rings. The number of nitro groups is 1. The van der Waals surface area contributed by atoms with E-state index in [1.807, 2.05) is 79.0 Å². The molecule has 7 heteroatoms. The van der Waals surface area contributed by atoms with Crippen molar-refractivity contribution in [3.63, 3.8) is 0 Å². The molecule has 1 heterocycles. The quantitative estimate of drug-likeness (QED) is 0.135. The lowest BCUT2D eigenvalue weighted by Gasteiger charge is -2.52. The van der Waals surface area contributed by atoms with Gasteiger partial charge in [0.1, 0.15) is 5.69 Å². The van der Waals surface area contributed by atoms with Crippen LogP contribution in [0.1, 0.15) is 40.7 Å². The Bertz CT molecular complexity index is 1700. The summed E-state index contributed by atoms with van der Waals surface area (Å²) in [6, 6.07) is 29.8. The van der Waals surface area contributed by atoms with E-state index >= 15 is 0 Å². The summed E-state index contributed by atoms with van der Waals surface area (Å²) in [7, 11) is 0. The molecule has 0 unspecified atom stereocenters. The van der Waals surface area contributed by atoms with Gasteiger partial charge in [0.05, 0.1) is 27.9 Å². The number of aliphatic imine (C=N–C) groups is 1. The molecular weight excluding hydrogens is 502 g/mol. The van der Waals surface area contributed by atoms with E-state index in [0.717, 1.165) is 39.3 Å². The Kier molecular flexibility index (Phi) is 5.32. The largest absolute Gasteiger partial charge is 0.293 e. The van der Waals surface area contributed by atoms with Crippen molar-refractivity contribution in [2.24, 2.45) is 16.8 Å². The van der Waals surface area contributed by atoms with Gasteiger partial charge in [0.25, 0.3) is 5.69 Å². The van der Waals surface area contributed by atoms with Gasteiger partial charge in [-0.25, -0.2) is 4.90 Å². The average molecular weight is 528 g/mol. The van der Waals surface area contributed by atoms with Crippen molar-refractivity contribution in [2.45, 2.75) is 24.7 Å². The van der Waals surface area contributed by atoms with Crippen molar-refractivity contribution in [1.82, 2.24) is 0 Å². The minimum absolute atomic E-state index is 0.00616. The van der Waals surface area contributed by atoms with Gasteiger partial charge in [-0.3, -0.25) is 24.7 Å².